The summed E-state index contributed by atoms with van der Waals surface area (Å²) in [5, 5.41) is 3.21. The van der Waals surface area contributed by atoms with Gasteiger partial charge in [-0.1, -0.05) is 24.3 Å². The van der Waals surface area contributed by atoms with Crippen molar-refractivity contribution >= 4 is 16.8 Å². The smallest absolute Gasteiger partial charge is 0.258 e. The van der Waals surface area contributed by atoms with Crippen molar-refractivity contribution in [3.63, 3.8) is 0 Å². The summed E-state index contributed by atoms with van der Waals surface area (Å²) in [5.74, 6) is -0.0192. The van der Waals surface area contributed by atoms with E-state index in [1.165, 1.54) is 12.1 Å². The van der Waals surface area contributed by atoms with Gasteiger partial charge in [0.1, 0.15) is 12.4 Å². The topological polar surface area (TPSA) is 84.1 Å². The number of nitrogens with zero attached hydrogens (tertiary/aromatic N) is 1. The standard InChI is InChI=1S/C19H18FN3O3/c20-14-6-2-4-8-16(14)26-12-11-21-18(24)10-9-17-22-15-7-3-1-5-13(15)19(25)23-17/h1-8H,9-12H2,(H,21,24)(H,22,23,25). The maximum atomic E-state index is 13.4. The maximum absolute atomic E-state index is 13.4. The lowest BCUT2D eigenvalue weighted by Crippen LogP contribution is -2.28. The molecule has 1 heterocycles. The Morgan fingerprint density at radius 3 is 2.77 bits per heavy atom. The molecule has 0 bridgehead atoms. The number of amides is 1. The summed E-state index contributed by atoms with van der Waals surface area (Å²) in [6, 6.07) is 13.1. The highest BCUT2D eigenvalue weighted by Gasteiger charge is 2.07. The van der Waals surface area contributed by atoms with Gasteiger partial charge in [-0.05, 0) is 24.3 Å². The average molecular weight is 355 g/mol. The second kappa shape index (κ2) is 8.24. The minimum absolute atomic E-state index is 0.152. The van der Waals surface area contributed by atoms with Crippen LogP contribution in [-0.4, -0.2) is 29.0 Å². The molecule has 0 aliphatic carbocycles. The zero-order valence-corrected chi connectivity index (χ0v) is 14.0. The number of hydrogen-bond acceptors (Lipinski definition) is 4. The van der Waals surface area contributed by atoms with Crippen molar-refractivity contribution in [1.82, 2.24) is 15.3 Å². The lowest BCUT2D eigenvalue weighted by atomic mass is 10.2. The van der Waals surface area contributed by atoms with E-state index in [0.717, 1.165) is 0 Å². The molecule has 3 rings (SSSR count). The van der Waals surface area contributed by atoms with Crippen LogP contribution in [0.2, 0.25) is 0 Å². The van der Waals surface area contributed by atoms with Crippen LogP contribution in [0.1, 0.15) is 12.2 Å². The third kappa shape index (κ3) is 4.44. The van der Waals surface area contributed by atoms with Gasteiger partial charge >= 0.3 is 0 Å². The van der Waals surface area contributed by atoms with Crippen molar-refractivity contribution in [3.05, 3.63) is 70.5 Å². The molecule has 7 heteroatoms. The molecule has 0 aliphatic rings. The first kappa shape index (κ1) is 17.6. The van der Waals surface area contributed by atoms with Crippen molar-refractivity contribution in [2.24, 2.45) is 0 Å². The Morgan fingerprint density at radius 2 is 1.92 bits per heavy atom. The number of rotatable bonds is 7. The summed E-state index contributed by atoms with van der Waals surface area (Å²) in [6.07, 6.45) is 0.501. The van der Waals surface area contributed by atoms with E-state index in [1.807, 2.05) is 0 Å². The molecule has 3 aromatic rings. The van der Waals surface area contributed by atoms with Gasteiger partial charge in [-0.25, -0.2) is 9.37 Å². The number of fused-ring (bicyclic) bond motifs is 1. The van der Waals surface area contributed by atoms with Gasteiger partial charge in [0, 0.05) is 12.8 Å². The average Bonchev–Trinajstić information content (AvgIpc) is 2.65. The van der Waals surface area contributed by atoms with Gasteiger partial charge in [-0.2, -0.15) is 0 Å². The lowest BCUT2D eigenvalue weighted by molar-refractivity contribution is -0.121. The predicted molar refractivity (Wildman–Crippen MR) is 95.6 cm³/mol. The highest BCUT2D eigenvalue weighted by atomic mass is 19.1. The number of carbonyl (C=O) groups excluding carboxylic acids is 1. The van der Waals surface area contributed by atoms with Crippen LogP contribution < -0.4 is 15.6 Å². The number of hydrogen-bond donors (Lipinski definition) is 2. The van der Waals surface area contributed by atoms with E-state index in [9.17, 15) is 14.0 Å². The van der Waals surface area contributed by atoms with Gasteiger partial charge in [0.15, 0.2) is 11.6 Å². The van der Waals surface area contributed by atoms with Gasteiger partial charge in [0.25, 0.3) is 5.56 Å². The van der Waals surface area contributed by atoms with Crippen LogP contribution >= 0.6 is 0 Å². The minimum Gasteiger partial charge on any atom is -0.489 e. The Kier molecular flexibility index (Phi) is 5.58. The summed E-state index contributed by atoms with van der Waals surface area (Å²) in [5.41, 5.74) is 0.384. The Balaban J connectivity index is 1.46. The van der Waals surface area contributed by atoms with E-state index in [2.05, 4.69) is 15.3 Å². The molecular weight excluding hydrogens is 337 g/mol. The number of ether oxygens (including phenoxy) is 1. The van der Waals surface area contributed by atoms with Crippen molar-refractivity contribution in [1.29, 1.82) is 0 Å². The molecule has 2 aromatic carbocycles. The van der Waals surface area contributed by atoms with Crippen molar-refractivity contribution in [3.8, 4) is 5.75 Å². The normalized spacial score (nSPS) is 10.7. The third-order valence-electron chi connectivity index (χ3n) is 3.77. The number of aryl methyl sites for hydroxylation is 1. The van der Waals surface area contributed by atoms with Crippen LogP contribution in [-0.2, 0) is 11.2 Å². The van der Waals surface area contributed by atoms with E-state index in [-0.39, 0.29) is 36.8 Å². The summed E-state index contributed by atoms with van der Waals surface area (Å²) < 4.78 is 18.6. The molecule has 0 saturated carbocycles. The maximum Gasteiger partial charge on any atom is 0.258 e. The molecule has 0 atom stereocenters. The number of halogens is 1. The Bertz CT molecular complexity index is 971. The number of H-pyrrole nitrogens is 1. The molecule has 1 aromatic heterocycles. The first-order valence-corrected chi connectivity index (χ1v) is 8.25. The van der Waals surface area contributed by atoms with E-state index < -0.39 is 5.82 Å². The van der Waals surface area contributed by atoms with E-state index in [4.69, 9.17) is 4.74 Å². The van der Waals surface area contributed by atoms with Crippen molar-refractivity contribution in [2.75, 3.05) is 13.2 Å². The molecule has 0 radical (unpaired) electrons. The van der Waals surface area contributed by atoms with Crippen molar-refractivity contribution < 1.29 is 13.9 Å². The number of aromatic amines is 1. The summed E-state index contributed by atoms with van der Waals surface area (Å²) in [7, 11) is 0. The number of carbonyl (C=O) groups is 1. The summed E-state index contributed by atoms with van der Waals surface area (Å²) in [4.78, 5) is 30.9. The molecular formula is C19H18FN3O3. The Hall–Kier alpha value is -3.22. The monoisotopic (exact) mass is 355 g/mol. The molecule has 0 fully saturated rings. The van der Waals surface area contributed by atoms with Crippen LogP contribution in [0.5, 0.6) is 5.75 Å². The first-order valence-electron chi connectivity index (χ1n) is 8.25. The van der Waals surface area contributed by atoms with Crippen LogP contribution in [0.3, 0.4) is 0 Å². The van der Waals surface area contributed by atoms with E-state index in [0.29, 0.717) is 23.1 Å². The largest absolute Gasteiger partial charge is 0.489 e. The van der Waals surface area contributed by atoms with Gasteiger partial charge in [-0.15, -0.1) is 0 Å². The fourth-order valence-corrected chi connectivity index (χ4v) is 2.49. The van der Waals surface area contributed by atoms with Gasteiger partial charge in [0.2, 0.25) is 5.91 Å². The van der Waals surface area contributed by atoms with Gasteiger partial charge in [0.05, 0.1) is 17.4 Å². The molecule has 0 unspecified atom stereocenters. The molecule has 26 heavy (non-hydrogen) atoms. The molecule has 0 spiro atoms. The molecule has 6 nitrogen and oxygen atoms in total. The first-order chi connectivity index (χ1) is 12.6. The summed E-state index contributed by atoms with van der Waals surface area (Å²) >= 11 is 0. The highest BCUT2D eigenvalue weighted by Crippen LogP contribution is 2.14. The number of nitrogens with one attached hydrogen (secondary N) is 2. The fraction of sp³-hybridized carbons (Fsp3) is 0.211. The second-order valence-corrected chi connectivity index (χ2v) is 5.66. The van der Waals surface area contributed by atoms with Gasteiger partial charge in [-0.3, -0.25) is 9.59 Å². The quantitative estimate of drug-likeness (QED) is 0.637. The SMILES string of the molecule is O=C(CCc1nc2ccccc2c(=O)[nH]1)NCCOc1ccccc1F. The van der Waals surface area contributed by atoms with E-state index >= 15 is 0 Å². The third-order valence-corrected chi connectivity index (χ3v) is 3.77. The Morgan fingerprint density at radius 1 is 1.15 bits per heavy atom. The predicted octanol–water partition coefficient (Wildman–Crippen LogP) is 2.19. The van der Waals surface area contributed by atoms with Crippen LogP contribution in [0.4, 0.5) is 4.39 Å². The zero-order chi connectivity index (χ0) is 18.4. The number of para-hydroxylation sites is 2. The molecule has 134 valence electrons. The summed E-state index contributed by atoms with van der Waals surface area (Å²) in [6.45, 7) is 0.423. The fourth-order valence-electron chi connectivity index (χ4n) is 2.49. The van der Waals surface area contributed by atoms with Gasteiger partial charge < -0.3 is 15.0 Å². The lowest BCUT2D eigenvalue weighted by Gasteiger charge is -2.08. The van der Waals surface area contributed by atoms with Crippen molar-refractivity contribution in [2.45, 2.75) is 12.8 Å². The molecule has 1 amide bonds. The molecule has 2 N–H and O–H groups in total. The van der Waals surface area contributed by atoms with Crippen LogP contribution in [0.25, 0.3) is 10.9 Å². The minimum atomic E-state index is -0.440. The highest BCUT2D eigenvalue weighted by molar-refractivity contribution is 5.78. The molecule has 0 saturated heterocycles. The van der Waals surface area contributed by atoms with Crippen LogP contribution in [0.15, 0.2) is 53.3 Å². The Labute approximate surface area is 149 Å². The zero-order valence-electron chi connectivity index (χ0n) is 14.0. The number of benzene rings is 2. The molecule has 0 aliphatic heterocycles. The second-order valence-electron chi connectivity index (χ2n) is 5.66. The number of aromatic nitrogens is 2. The van der Waals surface area contributed by atoms with Crippen LogP contribution in [0, 0.1) is 5.82 Å². The van der Waals surface area contributed by atoms with E-state index in [1.54, 1.807) is 36.4 Å².